The van der Waals surface area contributed by atoms with Crippen LogP contribution in [0.5, 0.6) is 11.5 Å². The number of anilines is 3. The van der Waals surface area contributed by atoms with Crippen molar-refractivity contribution in [3.8, 4) is 22.6 Å². The van der Waals surface area contributed by atoms with Gasteiger partial charge in [0, 0.05) is 30.8 Å². The normalized spacial score (nSPS) is 15.4. The van der Waals surface area contributed by atoms with Gasteiger partial charge in [0.25, 0.3) is 0 Å². The minimum Gasteiger partial charge on any atom is -0.454 e. The SMILES string of the molecule is C[Si]1(C)c2ccccc2Sc2c(N(c3ccc(-c4cccc5c4Oc4ccccc4S5)cc3)c3cccc4c3Sc3ccccc3[Si]4(C)C)cccc21. The molecule has 7 aromatic carbocycles. The maximum absolute atomic E-state index is 6.57. The average molecular weight is 772 g/mol. The van der Waals surface area contributed by atoms with Crippen molar-refractivity contribution in [1.29, 1.82) is 0 Å². The van der Waals surface area contributed by atoms with E-state index in [0.717, 1.165) is 38.1 Å². The van der Waals surface area contributed by atoms with E-state index in [4.69, 9.17) is 4.74 Å². The predicted molar refractivity (Wildman–Crippen MR) is 232 cm³/mol. The van der Waals surface area contributed by atoms with E-state index in [1.54, 1.807) is 11.8 Å². The van der Waals surface area contributed by atoms with Crippen molar-refractivity contribution in [2.45, 2.75) is 55.6 Å². The summed E-state index contributed by atoms with van der Waals surface area (Å²) in [6.07, 6.45) is 0. The van der Waals surface area contributed by atoms with E-state index in [0.29, 0.717) is 0 Å². The summed E-state index contributed by atoms with van der Waals surface area (Å²) >= 11 is 5.66. The first-order valence-corrected chi connectivity index (χ1v) is 26.5. The summed E-state index contributed by atoms with van der Waals surface area (Å²) in [5, 5.41) is 6.06. The van der Waals surface area contributed by atoms with Crippen LogP contribution in [-0.2, 0) is 0 Å². The molecule has 0 unspecified atom stereocenters. The Labute approximate surface area is 326 Å². The van der Waals surface area contributed by atoms with Crippen molar-refractivity contribution in [1.82, 2.24) is 0 Å². The van der Waals surface area contributed by atoms with Crippen molar-refractivity contribution >= 4 is 89.2 Å². The van der Waals surface area contributed by atoms with Crippen LogP contribution in [0.2, 0.25) is 26.2 Å². The zero-order valence-electron chi connectivity index (χ0n) is 30.0. The molecule has 0 spiro atoms. The largest absolute Gasteiger partial charge is 0.454 e. The second kappa shape index (κ2) is 12.6. The second-order valence-corrected chi connectivity index (χ2v) is 26.8. The number of para-hydroxylation sites is 2. The lowest BCUT2D eigenvalue weighted by molar-refractivity contribution is 0.456. The van der Waals surface area contributed by atoms with Gasteiger partial charge in [-0.2, -0.15) is 0 Å². The minimum absolute atomic E-state index is 0.916. The first-order chi connectivity index (χ1) is 25.8. The van der Waals surface area contributed by atoms with Crippen LogP contribution >= 0.6 is 35.3 Å². The number of fused-ring (bicyclic) bond motifs is 6. The molecule has 0 N–H and O–H groups in total. The standard InChI is InChI=1S/C46H37NOS3Si2/c1-52(2)40-22-9-7-19-37(40)50-45-33(15-12-24-42(45)52)47(34-16-13-25-43-46(34)51-38-20-8-10-23-41(38)53(43,3)4)31-28-26-30(27-29-31)32-14-11-21-39-44(32)48-35-17-5-6-18-36(35)49-39/h5-29H,1-4H3. The molecule has 3 aliphatic heterocycles. The van der Waals surface area contributed by atoms with E-state index in [1.807, 2.05) is 29.6 Å². The van der Waals surface area contributed by atoms with E-state index >= 15 is 0 Å². The molecule has 0 atom stereocenters. The molecule has 3 aliphatic rings. The van der Waals surface area contributed by atoms with Crippen molar-refractivity contribution in [3.05, 3.63) is 152 Å². The molecular formula is C46H37NOS3Si2. The third kappa shape index (κ3) is 5.31. The maximum Gasteiger partial charge on any atom is 0.149 e. The molecule has 0 fully saturated rings. The predicted octanol–water partition coefficient (Wildman–Crippen LogP) is 11.7. The molecular weight excluding hydrogens is 735 g/mol. The first kappa shape index (κ1) is 33.2. The molecule has 0 radical (unpaired) electrons. The molecule has 10 rings (SSSR count). The maximum atomic E-state index is 6.57. The molecule has 53 heavy (non-hydrogen) atoms. The molecule has 3 heterocycles. The van der Waals surface area contributed by atoms with Crippen LogP contribution in [0.4, 0.5) is 17.1 Å². The summed E-state index contributed by atoms with van der Waals surface area (Å²) in [4.78, 5) is 10.4. The van der Waals surface area contributed by atoms with E-state index in [-0.39, 0.29) is 0 Å². The van der Waals surface area contributed by atoms with Gasteiger partial charge >= 0.3 is 0 Å². The fourth-order valence-corrected chi connectivity index (χ4v) is 20.3. The third-order valence-corrected chi connectivity index (χ3v) is 22.4. The van der Waals surface area contributed by atoms with E-state index < -0.39 is 16.1 Å². The smallest absolute Gasteiger partial charge is 0.149 e. The van der Waals surface area contributed by atoms with Gasteiger partial charge in [0.2, 0.25) is 0 Å². The number of rotatable bonds is 4. The summed E-state index contributed by atoms with van der Waals surface area (Å²) in [5.41, 5.74) is 5.90. The monoisotopic (exact) mass is 771 g/mol. The molecule has 0 aliphatic carbocycles. The van der Waals surface area contributed by atoms with Gasteiger partial charge in [-0.3, -0.25) is 0 Å². The third-order valence-electron chi connectivity index (χ3n) is 11.1. The first-order valence-electron chi connectivity index (χ1n) is 18.1. The number of nitrogens with zero attached hydrogens (tertiary/aromatic N) is 1. The molecule has 7 aromatic rings. The number of hydrogen-bond acceptors (Lipinski definition) is 5. The fraction of sp³-hybridized carbons (Fsp3) is 0.0870. The van der Waals surface area contributed by atoms with Gasteiger partial charge in [0.1, 0.15) is 27.6 Å². The molecule has 2 nitrogen and oxygen atoms in total. The quantitative estimate of drug-likeness (QED) is 0.165. The number of benzene rings is 7. The van der Waals surface area contributed by atoms with Crippen LogP contribution in [0.1, 0.15) is 0 Å². The molecule has 0 amide bonds. The van der Waals surface area contributed by atoms with Crippen molar-refractivity contribution < 1.29 is 4.74 Å². The lowest BCUT2D eigenvalue weighted by Gasteiger charge is -2.39. The van der Waals surface area contributed by atoms with Gasteiger partial charge in [-0.15, -0.1) is 0 Å². The van der Waals surface area contributed by atoms with Crippen LogP contribution in [0.15, 0.2) is 181 Å². The second-order valence-electron chi connectivity index (χ2n) is 14.9. The van der Waals surface area contributed by atoms with Crippen LogP contribution in [0, 0.1) is 0 Å². The molecule has 0 aromatic heterocycles. The van der Waals surface area contributed by atoms with E-state index in [9.17, 15) is 0 Å². The molecule has 0 bridgehead atoms. The number of ether oxygens (including phenoxy) is 1. The Balaban J connectivity index is 1.15. The van der Waals surface area contributed by atoms with Gasteiger partial charge in [0.05, 0.1) is 21.2 Å². The van der Waals surface area contributed by atoms with Gasteiger partial charge in [-0.1, -0.05) is 159 Å². The topological polar surface area (TPSA) is 12.5 Å². The average Bonchev–Trinajstić information content (AvgIpc) is 3.18. The Morgan fingerprint density at radius 2 is 0.925 bits per heavy atom. The van der Waals surface area contributed by atoms with Gasteiger partial charge in [0.15, 0.2) is 0 Å². The summed E-state index contributed by atoms with van der Waals surface area (Å²) in [7, 11) is -3.93. The van der Waals surface area contributed by atoms with Gasteiger partial charge in [-0.25, -0.2) is 0 Å². The zero-order chi connectivity index (χ0) is 35.9. The summed E-state index contributed by atoms with van der Waals surface area (Å²) < 4.78 is 6.57. The van der Waals surface area contributed by atoms with Crippen LogP contribution < -0.4 is 30.4 Å². The summed E-state index contributed by atoms with van der Waals surface area (Å²) in [5.74, 6) is 1.85. The Morgan fingerprint density at radius 3 is 1.53 bits per heavy atom. The highest BCUT2D eigenvalue weighted by Crippen LogP contribution is 2.52. The summed E-state index contributed by atoms with van der Waals surface area (Å²) in [6, 6.07) is 56.2. The van der Waals surface area contributed by atoms with E-state index in [2.05, 4.69) is 177 Å². The highest BCUT2D eigenvalue weighted by Gasteiger charge is 2.39. The zero-order valence-corrected chi connectivity index (χ0v) is 34.5. The van der Waals surface area contributed by atoms with Gasteiger partial charge in [-0.05, 0) is 80.9 Å². The molecule has 0 saturated carbocycles. The highest BCUT2D eigenvalue weighted by atomic mass is 32.2. The van der Waals surface area contributed by atoms with Crippen LogP contribution in [0.25, 0.3) is 11.1 Å². The van der Waals surface area contributed by atoms with E-state index in [1.165, 1.54) is 51.7 Å². The molecule has 7 heteroatoms. The van der Waals surface area contributed by atoms with Crippen LogP contribution in [-0.4, -0.2) is 16.1 Å². The fourth-order valence-electron chi connectivity index (χ4n) is 8.23. The highest BCUT2D eigenvalue weighted by molar-refractivity contribution is 8.00. The Kier molecular flexibility index (Phi) is 7.90. The van der Waals surface area contributed by atoms with Crippen molar-refractivity contribution in [2.24, 2.45) is 0 Å². The van der Waals surface area contributed by atoms with Crippen molar-refractivity contribution in [3.63, 3.8) is 0 Å². The number of hydrogen-bond donors (Lipinski definition) is 0. The minimum atomic E-state index is -1.96. The Hall–Kier alpha value is -4.38. The lowest BCUT2D eigenvalue weighted by Crippen LogP contribution is -2.56. The molecule has 258 valence electrons. The summed E-state index contributed by atoms with van der Waals surface area (Å²) in [6.45, 7) is 10.0. The van der Waals surface area contributed by atoms with Gasteiger partial charge < -0.3 is 9.64 Å². The lowest BCUT2D eigenvalue weighted by atomic mass is 10.0. The van der Waals surface area contributed by atoms with Crippen molar-refractivity contribution in [2.75, 3.05) is 4.90 Å². The Bertz CT molecular complexity index is 2490. The Morgan fingerprint density at radius 1 is 0.434 bits per heavy atom. The molecule has 0 saturated heterocycles. The van der Waals surface area contributed by atoms with Crippen LogP contribution in [0.3, 0.4) is 0 Å².